The highest BCUT2D eigenvalue weighted by Gasteiger charge is 2.32. The molecule has 0 bridgehead atoms. The van der Waals surface area contributed by atoms with E-state index in [1.807, 2.05) is 20.8 Å². The second kappa shape index (κ2) is 9.47. The van der Waals surface area contributed by atoms with Gasteiger partial charge in [-0.3, -0.25) is 9.59 Å². The lowest BCUT2D eigenvalue weighted by Gasteiger charge is -2.34. The quantitative estimate of drug-likeness (QED) is 0.741. The Labute approximate surface area is 180 Å². The van der Waals surface area contributed by atoms with E-state index in [1.165, 1.54) is 21.3 Å². The van der Waals surface area contributed by atoms with Gasteiger partial charge in [0.25, 0.3) is 5.91 Å². The Hall–Kier alpha value is -1.93. The van der Waals surface area contributed by atoms with Gasteiger partial charge in [-0.15, -0.1) is 0 Å². The zero-order valence-corrected chi connectivity index (χ0v) is 19.8. The first-order valence-corrected chi connectivity index (χ1v) is 12.0. The van der Waals surface area contributed by atoms with Gasteiger partial charge in [0, 0.05) is 30.7 Å². The SMILES string of the molecule is CCN(CC(=O)NC(C)(C)C)C(=O)c1cccc(S(=O)(=O)N2CC(C)CC(C)C2)c1. The fraction of sp³-hybridized carbons (Fsp3) is 0.636. The van der Waals surface area contributed by atoms with E-state index < -0.39 is 15.6 Å². The summed E-state index contributed by atoms with van der Waals surface area (Å²) in [6, 6.07) is 6.12. The van der Waals surface area contributed by atoms with Crippen LogP contribution in [0, 0.1) is 11.8 Å². The van der Waals surface area contributed by atoms with Crippen LogP contribution in [0.3, 0.4) is 0 Å². The van der Waals surface area contributed by atoms with E-state index in [9.17, 15) is 18.0 Å². The van der Waals surface area contributed by atoms with E-state index in [-0.39, 0.29) is 28.8 Å². The van der Waals surface area contributed by atoms with Crippen LogP contribution in [0.2, 0.25) is 0 Å². The van der Waals surface area contributed by atoms with E-state index in [1.54, 1.807) is 19.1 Å². The van der Waals surface area contributed by atoms with Crippen LogP contribution in [0.1, 0.15) is 58.3 Å². The lowest BCUT2D eigenvalue weighted by Crippen LogP contribution is -2.47. The first kappa shape index (κ1) is 24.3. The first-order valence-electron chi connectivity index (χ1n) is 10.5. The maximum atomic E-state index is 13.2. The molecule has 1 saturated heterocycles. The minimum atomic E-state index is -3.68. The highest BCUT2D eigenvalue weighted by Crippen LogP contribution is 2.27. The van der Waals surface area contributed by atoms with Gasteiger partial charge in [-0.05, 0) is 64.2 Å². The number of sulfonamides is 1. The summed E-state index contributed by atoms with van der Waals surface area (Å²) in [6.07, 6.45) is 1.01. The van der Waals surface area contributed by atoms with Crippen molar-refractivity contribution in [3.8, 4) is 0 Å². The Morgan fingerprint density at radius 2 is 1.77 bits per heavy atom. The third-order valence-corrected chi connectivity index (χ3v) is 6.90. The van der Waals surface area contributed by atoms with Crippen molar-refractivity contribution in [2.45, 2.75) is 58.4 Å². The molecule has 1 heterocycles. The largest absolute Gasteiger partial charge is 0.350 e. The van der Waals surface area contributed by atoms with Crippen molar-refractivity contribution in [1.29, 1.82) is 0 Å². The van der Waals surface area contributed by atoms with Crippen molar-refractivity contribution in [1.82, 2.24) is 14.5 Å². The van der Waals surface area contributed by atoms with Gasteiger partial charge in [0.05, 0.1) is 11.4 Å². The minimum Gasteiger partial charge on any atom is -0.350 e. The zero-order chi connectivity index (χ0) is 22.7. The van der Waals surface area contributed by atoms with Gasteiger partial charge in [0.15, 0.2) is 0 Å². The zero-order valence-electron chi connectivity index (χ0n) is 18.9. The highest BCUT2D eigenvalue weighted by atomic mass is 32.2. The molecule has 1 aromatic carbocycles. The number of likely N-dealkylation sites (N-methyl/N-ethyl adjacent to an activating group) is 1. The summed E-state index contributed by atoms with van der Waals surface area (Å²) in [4.78, 5) is 26.8. The predicted octanol–water partition coefficient (Wildman–Crippen LogP) is 2.73. The summed E-state index contributed by atoms with van der Waals surface area (Å²) in [5.41, 5.74) is -0.129. The van der Waals surface area contributed by atoms with Gasteiger partial charge in [-0.1, -0.05) is 19.9 Å². The van der Waals surface area contributed by atoms with Crippen LogP contribution in [0.4, 0.5) is 0 Å². The molecule has 7 nitrogen and oxygen atoms in total. The molecular weight excluding hydrogens is 402 g/mol. The lowest BCUT2D eigenvalue weighted by molar-refractivity contribution is -0.123. The van der Waals surface area contributed by atoms with Crippen LogP contribution in [-0.2, 0) is 14.8 Å². The van der Waals surface area contributed by atoms with E-state index in [2.05, 4.69) is 19.2 Å². The van der Waals surface area contributed by atoms with Gasteiger partial charge >= 0.3 is 0 Å². The van der Waals surface area contributed by atoms with Crippen molar-refractivity contribution in [3.05, 3.63) is 29.8 Å². The first-order chi connectivity index (χ1) is 13.8. The standard InChI is InChI=1S/C22H35N3O4S/c1-7-24(15-20(26)23-22(4,5)6)21(27)18-9-8-10-19(12-18)30(28,29)25-13-16(2)11-17(3)14-25/h8-10,12,16-17H,7,11,13-15H2,1-6H3,(H,23,26). The number of benzene rings is 1. The van der Waals surface area contributed by atoms with Crippen LogP contribution in [0.15, 0.2) is 29.2 Å². The molecule has 1 N–H and O–H groups in total. The number of rotatable bonds is 6. The molecule has 0 spiro atoms. The number of hydrogen-bond donors (Lipinski definition) is 1. The fourth-order valence-corrected chi connectivity index (χ4v) is 5.61. The van der Waals surface area contributed by atoms with Crippen molar-refractivity contribution in [3.63, 3.8) is 0 Å². The van der Waals surface area contributed by atoms with Crippen LogP contribution in [0.25, 0.3) is 0 Å². The van der Waals surface area contributed by atoms with Crippen LogP contribution in [-0.4, -0.2) is 61.2 Å². The number of nitrogens with one attached hydrogen (secondary N) is 1. The minimum absolute atomic E-state index is 0.0786. The molecule has 1 fully saturated rings. The van der Waals surface area contributed by atoms with Crippen molar-refractivity contribution in [2.75, 3.05) is 26.2 Å². The second-order valence-electron chi connectivity index (χ2n) is 9.41. The monoisotopic (exact) mass is 437 g/mol. The molecule has 0 aliphatic carbocycles. The summed E-state index contributed by atoms with van der Waals surface area (Å²) in [5, 5.41) is 2.84. The number of nitrogens with zero attached hydrogens (tertiary/aromatic N) is 2. The van der Waals surface area contributed by atoms with Gasteiger partial charge < -0.3 is 10.2 Å². The third kappa shape index (κ3) is 6.28. The maximum absolute atomic E-state index is 13.2. The molecule has 0 saturated carbocycles. The Bertz CT molecular complexity index is 867. The average molecular weight is 438 g/mol. The molecular formula is C22H35N3O4S. The molecule has 1 aliphatic rings. The highest BCUT2D eigenvalue weighted by molar-refractivity contribution is 7.89. The van der Waals surface area contributed by atoms with Crippen molar-refractivity contribution in [2.24, 2.45) is 11.8 Å². The Balaban J connectivity index is 2.22. The van der Waals surface area contributed by atoms with Crippen LogP contribution in [0.5, 0.6) is 0 Å². The summed E-state index contributed by atoms with van der Waals surface area (Å²) >= 11 is 0. The summed E-state index contributed by atoms with van der Waals surface area (Å²) < 4.78 is 27.8. The van der Waals surface area contributed by atoms with E-state index in [4.69, 9.17) is 0 Å². The summed E-state index contributed by atoms with van der Waals surface area (Å²) in [5.74, 6) is -0.0211. The molecule has 2 amide bonds. The van der Waals surface area contributed by atoms with E-state index in [0.717, 1.165) is 6.42 Å². The fourth-order valence-electron chi connectivity index (χ4n) is 3.88. The van der Waals surface area contributed by atoms with E-state index in [0.29, 0.717) is 31.5 Å². The normalized spacial score (nSPS) is 20.6. The molecule has 1 aliphatic heterocycles. The Morgan fingerprint density at radius 1 is 1.17 bits per heavy atom. The molecule has 0 aromatic heterocycles. The van der Waals surface area contributed by atoms with Gasteiger partial charge in [0.2, 0.25) is 15.9 Å². The molecule has 2 rings (SSSR count). The Morgan fingerprint density at radius 3 is 2.30 bits per heavy atom. The van der Waals surface area contributed by atoms with Gasteiger partial charge in [-0.2, -0.15) is 4.31 Å². The van der Waals surface area contributed by atoms with Crippen LogP contribution < -0.4 is 5.32 Å². The van der Waals surface area contributed by atoms with Gasteiger partial charge in [-0.25, -0.2) is 8.42 Å². The van der Waals surface area contributed by atoms with Gasteiger partial charge in [0.1, 0.15) is 0 Å². The average Bonchev–Trinajstić information content (AvgIpc) is 2.63. The Kier molecular flexibility index (Phi) is 7.69. The second-order valence-corrected chi connectivity index (χ2v) is 11.4. The van der Waals surface area contributed by atoms with E-state index >= 15 is 0 Å². The topological polar surface area (TPSA) is 86.8 Å². The van der Waals surface area contributed by atoms with Crippen molar-refractivity contribution < 1.29 is 18.0 Å². The molecule has 168 valence electrons. The smallest absolute Gasteiger partial charge is 0.254 e. The molecule has 2 unspecified atom stereocenters. The molecule has 0 radical (unpaired) electrons. The van der Waals surface area contributed by atoms with Crippen LogP contribution >= 0.6 is 0 Å². The maximum Gasteiger partial charge on any atom is 0.254 e. The molecule has 1 aromatic rings. The number of hydrogen-bond acceptors (Lipinski definition) is 4. The lowest BCUT2D eigenvalue weighted by atomic mass is 9.94. The molecule has 8 heteroatoms. The summed E-state index contributed by atoms with van der Waals surface area (Å²) in [6.45, 7) is 12.8. The predicted molar refractivity (Wildman–Crippen MR) is 118 cm³/mol. The number of piperidine rings is 1. The molecule has 2 atom stereocenters. The third-order valence-electron chi connectivity index (χ3n) is 5.07. The molecule has 30 heavy (non-hydrogen) atoms. The number of carbonyl (C=O) groups excluding carboxylic acids is 2. The number of amides is 2. The number of carbonyl (C=O) groups is 2. The van der Waals surface area contributed by atoms with Crippen molar-refractivity contribution >= 4 is 21.8 Å². The summed E-state index contributed by atoms with van der Waals surface area (Å²) in [7, 11) is -3.68.